The van der Waals surface area contributed by atoms with E-state index in [1.165, 1.54) is 12.8 Å². The van der Waals surface area contributed by atoms with Gasteiger partial charge in [-0.2, -0.15) is 0 Å². The van der Waals surface area contributed by atoms with Gasteiger partial charge in [0.05, 0.1) is 6.67 Å². The zero-order chi connectivity index (χ0) is 8.01. The highest BCUT2D eigenvalue weighted by Crippen LogP contribution is 2.54. The van der Waals surface area contributed by atoms with Gasteiger partial charge in [0.2, 0.25) is 0 Å². The third-order valence-electron chi connectivity index (χ3n) is 4.23. The van der Waals surface area contributed by atoms with Crippen LogP contribution in [-0.2, 0) is 0 Å². The molecule has 0 heterocycles. The quantitative estimate of drug-likeness (QED) is 0.547. The first-order chi connectivity index (χ1) is 5.24. The average molecular weight is 156 g/mol. The first-order valence-electron chi connectivity index (χ1n) is 4.80. The Morgan fingerprint density at radius 1 is 1.18 bits per heavy atom. The van der Waals surface area contributed by atoms with Crippen molar-refractivity contribution >= 4 is 0 Å². The monoisotopic (exact) mass is 156 g/mol. The number of fused-ring (bicyclic) bond motifs is 2. The summed E-state index contributed by atoms with van der Waals surface area (Å²) in [5, 5.41) is 0. The van der Waals surface area contributed by atoms with Crippen molar-refractivity contribution in [2.75, 3.05) is 6.67 Å². The van der Waals surface area contributed by atoms with Crippen molar-refractivity contribution in [1.82, 2.24) is 0 Å². The van der Waals surface area contributed by atoms with Crippen LogP contribution >= 0.6 is 0 Å². The van der Waals surface area contributed by atoms with Gasteiger partial charge in [-0.1, -0.05) is 13.8 Å². The summed E-state index contributed by atoms with van der Waals surface area (Å²) in [5.74, 6) is 3.65. The maximum atomic E-state index is 12.5. The summed E-state index contributed by atoms with van der Waals surface area (Å²) in [5.41, 5.74) is 0. The maximum absolute atomic E-state index is 12.5. The van der Waals surface area contributed by atoms with E-state index in [9.17, 15) is 4.39 Å². The minimum Gasteiger partial charge on any atom is -0.251 e. The van der Waals surface area contributed by atoms with Crippen LogP contribution in [0, 0.1) is 29.6 Å². The molecule has 0 aromatic heterocycles. The molecule has 64 valence electrons. The standard InChI is InChI=1S/C10H17F/c1-6-7(2)10-4-8(6)3-9(10)5-11/h6-10H,3-5H2,1-2H3. The predicted octanol–water partition coefficient (Wildman–Crippen LogP) is 2.88. The maximum Gasteiger partial charge on any atom is 0.0925 e. The molecule has 0 nitrogen and oxygen atoms in total. The Morgan fingerprint density at radius 2 is 1.91 bits per heavy atom. The Bertz CT molecular complexity index is 149. The van der Waals surface area contributed by atoms with E-state index in [0.717, 1.165) is 23.7 Å². The third kappa shape index (κ3) is 0.929. The van der Waals surface area contributed by atoms with E-state index in [1.54, 1.807) is 0 Å². The molecule has 0 aromatic rings. The molecule has 5 unspecified atom stereocenters. The summed E-state index contributed by atoms with van der Waals surface area (Å²) in [7, 11) is 0. The van der Waals surface area contributed by atoms with Gasteiger partial charge in [-0.25, -0.2) is 0 Å². The van der Waals surface area contributed by atoms with Crippen molar-refractivity contribution in [3.8, 4) is 0 Å². The Hall–Kier alpha value is -0.0700. The minimum absolute atomic E-state index is 0.0712. The second-order valence-corrected chi connectivity index (χ2v) is 4.53. The fourth-order valence-corrected chi connectivity index (χ4v) is 3.27. The second kappa shape index (κ2) is 2.46. The molecule has 2 rings (SSSR count). The van der Waals surface area contributed by atoms with E-state index >= 15 is 0 Å². The number of rotatable bonds is 1. The van der Waals surface area contributed by atoms with Crippen LogP contribution in [0.15, 0.2) is 0 Å². The van der Waals surface area contributed by atoms with Crippen molar-refractivity contribution in [1.29, 1.82) is 0 Å². The lowest BCUT2D eigenvalue weighted by atomic mass is 9.76. The van der Waals surface area contributed by atoms with E-state index in [0.29, 0.717) is 5.92 Å². The zero-order valence-electron chi connectivity index (χ0n) is 7.39. The van der Waals surface area contributed by atoms with E-state index in [2.05, 4.69) is 13.8 Å². The van der Waals surface area contributed by atoms with Crippen LogP contribution in [0.2, 0.25) is 0 Å². The second-order valence-electron chi connectivity index (χ2n) is 4.53. The molecule has 1 heteroatoms. The molecule has 0 N–H and O–H groups in total. The average Bonchev–Trinajstić information content (AvgIpc) is 2.53. The molecule has 0 aromatic carbocycles. The van der Waals surface area contributed by atoms with Crippen molar-refractivity contribution in [2.45, 2.75) is 26.7 Å². The van der Waals surface area contributed by atoms with Gasteiger partial charge in [0.1, 0.15) is 0 Å². The molecule has 0 amide bonds. The van der Waals surface area contributed by atoms with Gasteiger partial charge in [-0.3, -0.25) is 4.39 Å². The first-order valence-corrected chi connectivity index (χ1v) is 4.80. The van der Waals surface area contributed by atoms with Crippen LogP contribution in [0.3, 0.4) is 0 Å². The summed E-state index contributed by atoms with van der Waals surface area (Å²) < 4.78 is 12.5. The van der Waals surface area contributed by atoms with E-state index in [1.807, 2.05) is 0 Å². The van der Waals surface area contributed by atoms with Gasteiger partial charge >= 0.3 is 0 Å². The highest BCUT2D eigenvalue weighted by atomic mass is 19.1. The largest absolute Gasteiger partial charge is 0.251 e. The summed E-state index contributed by atoms with van der Waals surface area (Å²) in [6.07, 6.45) is 2.49. The summed E-state index contributed by atoms with van der Waals surface area (Å²) in [4.78, 5) is 0. The minimum atomic E-state index is -0.0712. The molecular weight excluding hydrogens is 139 g/mol. The number of halogens is 1. The summed E-state index contributed by atoms with van der Waals surface area (Å²) >= 11 is 0. The zero-order valence-corrected chi connectivity index (χ0v) is 7.39. The normalized spacial score (nSPS) is 55.4. The van der Waals surface area contributed by atoms with Crippen LogP contribution in [0.4, 0.5) is 4.39 Å². The van der Waals surface area contributed by atoms with Crippen molar-refractivity contribution in [3.63, 3.8) is 0 Å². The highest BCUT2D eigenvalue weighted by molar-refractivity contribution is 4.97. The van der Waals surface area contributed by atoms with Gasteiger partial charge in [0, 0.05) is 0 Å². The van der Waals surface area contributed by atoms with Crippen LogP contribution in [0.5, 0.6) is 0 Å². The van der Waals surface area contributed by atoms with E-state index < -0.39 is 0 Å². The van der Waals surface area contributed by atoms with Crippen LogP contribution in [-0.4, -0.2) is 6.67 Å². The molecule has 2 aliphatic carbocycles. The Morgan fingerprint density at radius 3 is 2.36 bits per heavy atom. The molecule has 2 fully saturated rings. The van der Waals surface area contributed by atoms with Gasteiger partial charge in [0.25, 0.3) is 0 Å². The lowest BCUT2D eigenvalue weighted by molar-refractivity contribution is 0.162. The molecule has 0 saturated heterocycles. The van der Waals surface area contributed by atoms with E-state index in [4.69, 9.17) is 0 Å². The Labute approximate surface area is 68.2 Å². The van der Waals surface area contributed by atoms with Crippen molar-refractivity contribution < 1.29 is 4.39 Å². The lowest BCUT2D eigenvalue weighted by Gasteiger charge is -2.29. The molecular formula is C10H17F. The highest BCUT2D eigenvalue weighted by Gasteiger charge is 2.48. The van der Waals surface area contributed by atoms with Crippen LogP contribution in [0.1, 0.15) is 26.7 Å². The fourth-order valence-electron chi connectivity index (χ4n) is 3.27. The van der Waals surface area contributed by atoms with Gasteiger partial charge < -0.3 is 0 Å². The SMILES string of the molecule is CC1C2CC(CF)C(C2)C1C. The Balaban J connectivity index is 2.10. The van der Waals surface area contributed by atoms with E-state index in [-0.39, 0.29) is 6.67 Å². The number of hydrogen-bond donors (Lipinski definition) is 0. The Kier molecular flexibility index (Phi) is 1.70. The molecule has 5 atom stereocenters. The van der Waals surface area contributed by atoms with Crippen LogP contribution < -0.4 is 0 Å². The number of hydrogen-bond acceptors (Lipinski definition) is 0. The van der Waals surface area contributed by atoms with Crippen molar-refractivity contribution in [2.24, 2.45) is 29.6 Å². The fraction of sp³-hybridized carbons (Fsp3) is 1.00. The molecule has 0 spiro atoms. The van der Waals surface area contributed by atoms with Gasteiger partial charge in [-0.05, 0) is 42.4 Å². The smallest absolute Gasteiger partial charge is 0.0925 e. The summed E-state index contributed by atoms with van der Waals surface area (Å²) in [6.45, 7) is 4.57. The van der Waals surface area contributed by atoms with Crippen molar-refractivity contribution in [3.05, 3.63) is 0 Å². The molecule has 2 aliphatic rings. The van der Waals surface area contributed by atoms with Gasteiger partial charge in [0.15, 0.2) is 0 Å². The lowest BCUT2D eigenvalue weighted by Crippen LogP contribution is -2.25. The topological polar surface area (TPSA) is 0 Å². The molecule has 2 bridgehead atoms. The third-order valence-corrected chi connectivity index (χ3v) is 4.23. The first kappa shape index (κ1) is 7.57. The predicted molar refractivity (Wildman–Crippen MR) is 44.0 cm³/mol. The molecule has 2 saturated carbocycles. The molecule has 0 aliphatic heterocycles. The summed E-state index contributed by atoms with van der Waals surface area (Å²) in [6, 6.07) is 0. The molecule has 0 radical (unpaired) electrons. The molecule has 11 heavy (non-hydrogen) atoms. The van der Waals surface area contributed by atoms with Gasteiger partial charge in [-0.15, -0.1) is 0 Å². The van der Waals surface area contributed by atoms with Crippen LogP contribution in [0.25, 0.3) is 0 Å². The number of alkyl halides is 1.